The molecule has 9 nitrogen and oxygen atoms in total. The standard InChI is InChI=1S/C46H65O9P/c1-32(38-20-21-39-44-40(24-26-46(38,39)4)45(3)25-12-11-17-37(45)27-41(44)48)18-22-42(49)52-31-53-43(50)23-19-36(33(2)47)30-56(51,54-28-34-13-7-5-8-14-34)55-29-35-15-9-6-10-16-35/h5-10,13-16,32,36-41,44,48H,11-12,17-31H2,1-4H3/t32-,36?,37?,38?,39?,40?,41?,44?,45?,46?/m1/s1. The van der Waals surface area contributed by atoms with Crippen molar-refractivity contribution in [2.75, 3.05) is 13.0 Å². The Hall–Kier alpha value is -2.84. The first-order chi connectivity index (χ1) is 26.8. The molecule has 308 valence electrons. The van der Waals surface area contributed by atoms with Crippen LogP contribution in [0.5, 0.6) is 0 Å². The first-order valence-electron chi connectivity index (χ1n) is 21.3. The van der Waals surface area contributed by atoms with Crippen LogP contribution in [0.15, 0.2) is 60.7 Å². The summed E-state index contributed by atoms with van der Waals surface area (Å²) in [5.41, 5.74) is 2.18. The largest absolute Gasteiger partial charge is 0.428 e. The third-order valence-electron chi connectivity index (χ3n) is 14.9. The van der Waals surface area contributed by atoms with Gasteiger partial charge in [0.15, 0.2) is 0 Å². The van der Waals surface area contributed by atoms with Crippen LogP contribution in [0.25, 0.3) is 0 Å². The van der Waals surface area contributed by atoms with Crippen LogP contribution in [0.4, 0.5) is 0 Å². The number of carbonyl (C=O) groups excluding carboxylic acids is 3. The molecular weight excluding hydrogens is 727 g/mol. The Morgan fingerprint density at radius 2 is 1.38 bits per heavy atom. The van der Waals surface area contributed by atoms with Gasteiger partial charge in [-0.25, -0.2) is 0 Å². The molecule has 2 aromatic carbocycles. The monoisotopic (exact) mass is 792 g/mol. The van der Waals surface area contributed by atoms with E-state index in [1.165, 1.54) is 45.4 Å². The Labute approximate surface area is 334 Å². The van der Waals surface area contributed by atoms with Gasteiger partial charge in [0.2, 0.25) is 6.79 Å². The molecule has 0 spiro atoms. The van der Waals surface area contributed by atoms with Gasteiger partial charge in [0.1, 0.15) is 5.78 Å². The Morgan fingerprint density at radius 3 is 1.98 bits per heavy atom. The van der Waals surface area contributed by atoms with E-state index in [0.29, 0.717) is 47.3 Å². The second kappa shape index (κ2) is 18.8. The van der Waals surface area contributed by atoms with Crippen LogP contribution in [0, 0.1) is 52.3 Å². The summed E-state index contributed by atoms with van der Waals surface area (Å²) in [6.07, 6.45) is 11.4. The summed E-state index contributed by atoms with van der Waals surface area (Å²) in [5, 5.41) is 11.5. The fourth-order valence-electron chi connectivity index (χ4n) is 11.7. The second-order valence-electron chi connectivity index (χ2n) is 18.1. The average molecular weight is 793 g/mol. The van der Waals surface area contributed by atoms with E-state index in [9.17, 15) is 24.1 Å². The molecule has 0 aromatic heterocycles. The molecule has 56 heavy (non-hydrogen) atoms. The third kappa shape index (κ3) is 10.1. The van der Waals surface area contributed by atoms with Gasteiger partial charge in [-0.2, -0.15) is 0 Å². The van der Waals surface area contributed by atoms with Crippen molar-refractivity contribution in [1.82, 2.24) is 0 Å². The molecule has 10 heteroatoms. The predicted molar refractivity (Wildman–Crippen MR) is 215 cm³/mol. The lowest BCUT2D eigenvalue weighted by Crippen LogP contribution is -2.57. The van der Waals surface area contributed by atoms with Crippen LogP contribution in [0.1, 0.15) is 122 Å². The van der Waals surface area contributed by atoms with E-state index < -0.39 is 32.2 Å². The molecule has 6 rings (SSSR count). The number of esters is 2. The number of fused-ring (bicyclic) bond motifs is 5. The Morgan fingerprint density at radius 1 is 0.786 bits per heavy atom. The summed E-state index contributed by atoms with van der Waals surface area (Å²) < 4.78 is 36.3. The lowest BCUT2D eigenvalue weighted by Gasteiger charge is -2.62. The van der Waals surface area contributed by atoms with Crippen LogP contribution in [-0.2, 0) is 50.7 Å². The predicted octanol–water partition coefficient (Wildman–Crippen LogP) is 10.1. The minimum absolute atomic E-state index is 0.0507. The zero-order valence-corrected chi connectivity index (χ0v) is 35.0. The van der Waals surface area contributed by atoms with E-state index in [1.807, 2.05) is 60.7 Å². The van der Waals surface area contributed by atoms with Crippen molar-refractivity contribution in [2.45, 2.75) is 130 Å². The molecular formula is C46H65O9P. The molecule has 0 radical (unpaired) electrons. The molecule has 0 amide bonds. The molecule has 9 unspecified atom stereocenters. The fraction of sp³-hybridized carbons (Fsp3) is 0.674. The molecule has 4 aliphatic rings. The summed E-state index contributed by atoms with van der Waals surface area (Å²) in [4.78, 5) is 38.2. The van der Waals surface area contributed by atoms with Crippen LogP contribution in [0.2, 0.25) is 0 Å². The highest BCUT2D eigenvalue weighted by atomic mass is 31.2. The lowest BCUT2D eigenvalue weighted by molar-refractivity contribution is -0.168. The minimum Gasteiger partial charge on any atom is -0.428 e. The fourth-order valence-corrected chi connectivity index (χ4v) is 13.7. The Kier molecular flexibility index (Phi) is 14.4. The summed E-state index contributed by atoms with van der Waals surface area (Å²) in [5.74, 6) is 1.04. The van der Waals surface area contributed by atoms with Crippen molar-refractivity contribution in [2.24, 2.45) is 52.3 Å². The van der Waals surface area contributed by atoms with E-state index in [-0.39, 0.29) is 55.9 Å². The molecule has 0 saturated heterocycles. The Balaban J connectivity index is 0.938. The summed E-state index contributed by atoms with van der Waals surface area (Å²) >= 11 is 0. The molecule has 4 aliphatic carbocycles. The van der Waals surface area contributed by atoms with Crippen LogP contribution in [-0.4, -0.2) is 41.9 Å². The number of aliphatic hydroxyl groups excluding tert-OH is 1. The van der Waals surface area contributed by atoms with Crippen LogP contribution in [0.3, 0.4) is 0 Å². The quantitative estimate of drug-likeness (QED) is 0.0892. The number of benzene rings is 2. The van der Waals surface area contributed by atoms with Crippen LogP contribution >= 0.6 is 7.60 Å². The normalized spacial score (nSPS) is 30.9. The molecule has 4 fully saturated rings. The first kappa shape index (κ1) is 42.8. The van der Waals surface area contributed by atoms with E-state index in [4.69, 9.17) is 18.5 Å². The van der Waals surface area contributed by atoms with E-state index in [0.717, 1.165) is 30.4 Å². The number of hydrogen-bond donors (Lipinski definition) is 1. The lowest BCUT2D eigenvalue weighted by atomic mass is 9.44. The zero-order valence-electron chi connectivity index (χ0n) is 34.1. The van der Waals surface area contributed by atoms with Crippen molar-refractivity contribution in [3.8, 4) is 0 Å². The van der Waals surface area contributed by atoms with E-state index >= 15 is 0 Å². The number of Topliss-reactive ketones (excluding diaryl/α,β-unsaturated/α-hetero) is 1. The molecule has 0 aliphatic heterocycles. The van der Waals surface area contributed by atoms with Crippen molar-refractivity contribution < 1.29 is 42.6 Å². The molecule has 1 N–H and O–H groups in total. The average Bonchev–Trinajstić information content (AvgIpc) is 3.55. The maximum atomic E-state index is 14.0. The number of aliphatic hydroxyl groups is 1. The van der Waals surface area contributed by atoms with Gasteiger partial charge in [0, 0.05) is 18.8 Å². The maximum Gasteiger partial charge on any atom is 0.332 e. The topological polar surface area (TPSA) is 125 Å². The van der Waals surface area contributed by atoms with E-state index in [1.54, 1.807) is 0 Å². The number of rotatable bonds is 18. The minimum atomic E-state index is -3.76. The molecule has 0 heterocycles. The highest BCUT2D eigenvalue weighted by molar-refractivity contribution is 7.53. The zero-order chi connectivity index (χ0) is 39.9. The smallest absolute Gasteiger partial charge is 0.332 e. The number of hydrogen-bond acceptors (Lipinski definition) is 9. The number of ether oxygens (including phenoxy) is 2. The van der Waals surface area contributed by atoms with Gasteiger partial charge in [-0.15, -0.1) is 0 Å². The second-order valence-corrected chi connectivity index (χ2v) is 20.2. The van der Waals surface area contributed by atoms with Gasteiger partial charge in [-0.3, -0.25) is 18.9 Å². The van der Waals surface area contributed by atoms with Crippen molar-refractivity contribution >= 4 is 25.3 Å². The molecule has 4 saturated carbocycles. The van der Waals surface area contributed by atoms with Crippen LogP contribution < -0.4 is 0 Å². The SMILES string of the molecule is CC(=O)C(CCC(=O)OCOC(=O)CC[C@@H](C)C1CCC2C3C(O)CC4CCCCC4(C)C3CCC21C)CP(=O)(OCc1ccccc1)OCc1ccccc1. The molecule has 10 atom stereocenters. The summed E-state index contributed by atoms with van der Waals surface area (Å²) in [6, 6.07) is 18.6. The highest BCUT2D eigenvalue weighted by Gasteiger charge is 2.62. The number of carbonyl (C=O) groups is 3. The molecule has 2 aromatic rings. The third-order valence-corrected chi connectivity index (χ3v) is 16.8. The van der Waals surface area contributed by atoms with Gasteiger partial charge in [0.05, 0.1) is 25.5 Å². The summed E-state index contributed by atoms with van der Waals surface area (Å²) in [7, 11) is -3.76. The van der Waals surface area contributed by atoms with Gasteiger partial charge in [0.25, 0.3) is 0 Å². The van der Waals surface area contributed by atoms with Gasteiger partial charge in [-0.05, 0) is 122 Å². The molecule has 0 bridgehead atoms. The van der Waals surface area contributed by atoms with Gasteiger partial charge < -0.3 is 23.6 Å². The van der Waals surface area contributed by atoms with E-state index in [2.05, 4.69) is 20.8 Å². The number of ketones is 1. The van der Waals surface area contributed by atoms with Crippen molar-refractivity contribution in [1.29, 1.82) is 0 Å². The highest BCUT2D eigenvalue weighted by Crippen LogP contribution is 2.68. The first-order valence-corrected chi connectivity index (χ1v) is 23.0. The van der Waals surface area contributed by atoms with Crippen molar-refractivity contribution in [3.05, 3.63) is 71.8 Å². The van der Waals surface area contributed by atoms with Gasteiger partial charge in [-0.1, -0.05) is 94.3 Å². The summed E-state index contributed by atoms with van der Waals surface area (Å²) in [6.45, 7) is 8.28. The van der Waals surface area contributed by atoms with Gasteiger partial charge >= 0.3 is 19.5 Å². The Bertz CT molecular complexity index is 1620. The maximum absolute atomic E-state index is 14.0. The van der Waals surface area contributed by atoms with Crippen molar-refractivity contribution in [3.63, 3.8) is 0 Å².